The number of methoxy groups -OCH3 is 1. The van der Waals surface area contributed by atoms with Crippen LogP contribution in [0.1, 0.15) is 0 Å². The van der Waals surface area contributed by atoms with Gasteiger partial charge >= 0.3 is 16.3 Å². The van der Waals surface area contributed by atoms with Gasteiger partial charge in [0.15, 0.2) is 11.5 Å². The lowest BCUT2D eigenvalue weighted by molar-refractivity contribution is -0.168. The van der Waals surface area contributed by atoms with E-state index in [1.54, 1.807) is 16.9 Å². The smallest absolute Gasteiger partial charge is 0.411 e. The number of alkyl halides is 1. The number of rotatable bonds is 9. The average molecular weight is 435 g/mol. The van der Waals surface area contributed by atoms with Crippen LogP contribution in [0, 0.1) is 0 Å². The van der Waals surface area contributed by atoms with E-state index in [2.05, 4.69) is 10.3 Å². The molecule has 1 heterocycles. The fourth-order valence-electron chi connectivity index (χ4n) is 2.07. The Bertz CT molecular complexity index is 847. The van der Waals surface area contributed by atoms with Crippen molar-refractivity contribution in [1.82, 2.24) is 15.1 Å². The number of hydrogen-bond donors (Lipinski definition) is 2. The van der Waals surface area contributed by atoms with Crippen molar-refractivity contribution in [2.45, 2.75) is 6.29 Å². The van der Waals surface area contributed by atoms with Gasteiger partial charge in [0.25, 0.3) is 0 Å². The molecule has 2 rings (SSSR count). The molecule has 0 saturated heterocycles. The van der Waals surface area contributed by atoms with Crippen LogP contribution in [0.2, 0.25) is 0 Å². The van der Waals surface area contributed by atoms with Crippen LogP contribution in [0.3, 0.4) is 0 Å². The van der Waals surface area contributed by atoms with E-state index in [0.29, 0.717) is 0 Å². The number of carbonyl (C=O) groups is 1. The second kappa shape index (κ2) is 10.0. The summed E-state index contributed by atoms with van der Waals surface area (Å²) in [6.45, 7) is 0.151. The number of urea groups is 1. The maximum absolute atomic E-state index is 12.2. The first-order chi connectivity index (χ1) is 13.4. The van der Waals surface area contributed by atoms with Crippen molar-refractivity contribution in [3.8, 4) is 11.5 Å². The third kappa shape index (κ3) is 5.90. The molecule has 1 unspecified atom stereocenters. The summed E-state index contributed by atoms with van der Waals surface area (Å²) in [4.78, 5) is 21.1. The molecule has 2 amide bonds. The number of amides is 2. The molecule has 1 aromatic carbocycles. The van der Waals surface area contributed by atoms with Crippen molar-refractivity contribution < 1.29 is 31.7 Å². The summed E-state index contributed by atoms with van der Waals surface area (Å²) >= 11 is 5.55. The van der Waals surface area contributed by atoms with Crippen molar-refractivity contribution in [3.05, 3.63) is 36.2 Å². The van der Waals surface area contributed by atoms with Crippen molar-refractivity contribution in [3.63, 3.8) is 0 Å². The Balaban J connectivity index is 2.02. The summed E-state index contributed by atoms with van der Waals surface area (Å²) in [6, 6.07) is 4.95. The Kier molecular flexibility index (Phi) is 7.72. The SMILES string of the molecule is COC1=CC=NC(NC(=O)NS(=O)(=O)Oc2ccccc2OCCCl)N1OC. The van der Waals surface area contributed by atoms with E-state index < -0.39 is 22.6 Å². The minimum absolute atomic E-state index is 0.105. The van der Waals surface area contributed by atoms with Gasteiger partial charge in [0.05, 0.1) is 20.1 Å². The van der Waals surface area contributed by atoms with Crippen molar-refractivity contribution in [2.24, 2.45) is 4.99 Å². The molecule has 1 atom stereocenters. The molecule has 28 heavy (non-hydrogen) atoms. The third-order valence-corrected chi connectivity index (χ3v) is 4.14. The first kappa shape index (κ1) is 21.6. The topological polar surface area (TPSA) is 128 Å². The average Bonchev–Trinajstić information content (AvgIpc) is 2.66. The quantitative estimate of drug-likeness (QED) is 0.550. The largest absolute Gasteiger partial charge is 0.488 e. The standard InChI is InChI=1S/C15H19ClN4O7S/c1-24-13-7-9-17-14(20(13)25-2)18-15(21)19-28(22,23)27-12-6-4-3-5-11(12)26-10-8-16/h3-7,9,14H,8,10H2,1-2H3,(H2,18,19,21). The van der Waals surface area contributed by atoms with Gasteiger partial charge in [-0.25, -0.2) is 14.5 Å². The first-order valence-electron chi connectivity index (χ1n) is 7.81. The van der Waals surface area contributed by atoms with Crippen LogP contribution in [-0.2, 0) is 19.9 Å². The van der Waals surface area contributed by atoms with Gasteiger partial charge < -0.3 is 13.7 Å². The highest BCUT2D eigenvalue weighted by Gasteiger charge is 2.27. The van der Waals surface area contributed by atoms with E-state index in [0.717, 1.165) is 5.06 Å². The van der Waals surface area contributed by atoms with E-state index in [1.807, 2.05) is 0 Å². The number of hydroxylamine groups is 2. The molecule has 13 heteroatoms. The number of allylic oxidation sites excluding steroid dienone is 1. The van der Waals surface area contributed by atoms with E-state index in [4.69, 9.17) is 30.1 Å². The van der Waals surface area contributed by atoms with Gasteiger partial charge in [-0.3, -0.25) is 10.2 Å². The lowest BCUT2D eigenvalue weighted by atomic mass is 10.3. The second-order valence-electron chi connectivity index (χ2n) is 4.99. The number of carbonyl (C=O) groups excluding carboxylic acids is 1. The van der Waals surface area contributed by atoms with Crippen molar-refractivity contribution in [2.75, 3.05) is 26.7 Å². The van der Waals surface area contributed by atoms with E-state index in [-0.39, 0.29) is 29.9 Å². The lowest BCUT2D eigenvalue weighted by Gasteiger charge is -2.30. The maximum atomic E-state index is 12.2. The Hall–Kier alpha value is -2.70. The third-order valence-electron chi connectivity index (χ3n) is 3.15. The molecule has 0 aromatic heterocycles. The molecule has 1 aliphatic heterocycles. The van der Waals surface area contributed by atoms with Crippen LogP contribution in [0.5, 0.6) is 11.5 Å². The van der Waals surface area contributed by atoms with Crippen LogP contribution < -0.4 is 19.0 Å². The molecule has 11 nitrogen and oxygen atoms in total. The number of nitrogens with zero attached hydrogens (tertiary/aromatic N) is 2. The zero-order valence-electron chi connectivity index (χ0n) is 15.0. The van der Waals surface area contributed by atoms with E-state index >= 15 is 0 Å². The number of ether oxygens (including phenoxy) is 2. The van der Waals surface area contributed by atoms with Crippen molar-refractivity contribution >= 4 is 34.2 Å². The van der Waals surface area contributed by atoms with Crippen LogP contribution in [0.4, 0.5) is 4.79 Å². The molecule has 0 aliphatic carbocycles. The molecular formula is C15H19ClN4O7S. The Morgan fingerprint density at radius 2 is 2.00 bits per heavy atom. The van der Waals surface area contributed by atoms with Crippen LogP contribution in [-0.4, -0.2) is 58.7 Å². The van der Waals surface area contributed by atoms with Gasteiger partial charge in [-0.2, -0.15) is 13.5 Å². The van der Waals surface area contributed by atoms with Crippen LogP contribution in [0.15, 0.2) is 41.2 Å². The Morgan fingerprint density at radius 3 is 2.64 bits per heavy atom. The minimum atomic E-state index is -4.51. The highest BCUT2D eigenvalue weighted by molar-refractivity contribution is 7.85. The van der Waals surface area contributed by atoms with Gasteiger partial charge in [-0.05, 0) is 12.1 Å². The fourth-order valence-corrected chi connectivity index (χ4v) is 2.85. The molecular weight excluding hydrogens is 416 g/mol. The number of para-hydroxylation sites is 2. The number of benzene rings is 1. The van der Waals surface area contributed by atoms with Gasteiger partial charge in [0.2, 0.25) is 12.2 Å². The maximum Gasteiger partial charge on any atom is 0.411 e. The van der Waals surface area contributed by atoms with Gasteiger partial charge in [-0.15, -0.1) is 11.6 Å². The highest BCUT2D eigenvalue weighted by atomic mass is 35.5. The highest BCUT2D eigenvalue weighted by Crippen LogP contribution is 2.27. The van der Waals surface area contributed by atoms with E-state index in [9.17, 15) is 13.2 Å². The van der Waals surface area contributed by atoms with Gasteiger partial charge in [-0.1, -0.05) is 12.1 Å². The predicted molar refractivity (Wildman–Crippen MR) is 100 cm³/mol. The Labute approximate surface area is 167 Å². The summed E-state index contributed by atoms with van der Waals surface area (Å²) in [7, 11) is -1.78. The summed E-state index contributed by atoms with van der Waals surface area (Å²) in [5.74, 6) is 0.516. The predicted octanol–water partition coefficient (Wildman–Crippen LogP) is 0.946. The normalized spacial score (nSPS) is 16.2. The number of halogens is 1. The zero-order valence-corrected chi connectivity index (χ0v) is 16.6. The molecule has 0 bridgehead atoms. The molecule has 0 radical (unpaired) electrons. The van der Waals surface area contributed by atoms with Gasteiger partial charge in [0.1, 0.15) is 6.61 Å². The van der Waals surface area contributed by atoms with Crippen molar-refractivity contribution in [1.29, 1.82) is 0 Å². The molecule has 1 aromatic rings. The summed E-state index contributed by atoms with van der Waals surface area (Å²) in [5, 5.41) is 3.43. The van der Waals surface area contributed by atoms with Gasteiger partial charge in [0, 0.05) is 12.3 Å². The summed E-state index contributed by atoms with van der Waals surface area (Å²) < 4.78 is 41.3. The second-order valence-corrected chi connectivity index (χ2v) is 6.64. The fraction of sp³-hybridized carbons (Fsp3) is 0.333. The molecule has 0 spiro atoms. The molecule has 154 valence electrons. The van der Waals surface area contributed by atoms with E-state index in [1.165, 1.54) is 38.6 Å². The van der Waals surface area contributed by atoms with Crippen LogP contribution in [0.25, 0.3) is 0 Å². The summed E-state index contributed by atoms with van der Waals surface area (Å²) in [5.41, 5.74) is 0. The lowest BCUT2D eigenvalue weighted by Crippen LogP contribution is -2.52. The molecule has 2 N–H and O–H groups in total. The number of aliphatic imine (C=N–C) groups is 1. The monoisotopic (exact) mass is 434 g/mol. The molecule has 0 saturated carbocycles. The first-order valence-corrected chi connectivity index (χ1v) is 9.75. The van der Waals surface area contributed by atoms with Crippen LogP contribution >= 0.6 is 11.6 Å². The summed E-state index contributed by atoms with van der Waals surface area (Å²) in [6.07, 6.45) is 1.81. The number of hydrogen-bond acceptors (Lipinski definition) is 9. The zero-order chi connectivity index (χ0) is 20.6. The molecule has 1 aliphatic rings. The number of nitrogens with one attached hydrogen (secondary N) is 2. The molecule has 0 fully saturated rings. The Morgan fingerprint density at radius 1 is 1.29 bits per heavy atom. The minimum Gasteiger partial charge on any atom is -0.488 e.